The molecule has 1 heterocycles. The molecule has 0 atom stereocenters. The summed E-state index contributed by atoms with van der Waals surface area (Å²) < 4.78 is 0. The van der Waals surface area contributed by atoms with Gasteiger partial charge in [0.05, 0.1) is 4.92 Å². The highest BCUT2D eigenvalue weighted by Gasteiger charge is 2.40. The number of para-hydroxylation sites is 1. The molecule has 0 aliphatic carbocycles. The monoisotopic (exact) mass is 419 g/mol. The molecule has 0 aromatic heterocycles. The molecule has 1 N–H and O–H groups in total. The second-order valence-corrected chi connectivity index (χ2v) is 7.77. The summed E-state index contributed by atoms with van der Waals surface area (Å²) in [5.41, 5.74) is 4.61. The van der Waals surface area contributed by atoms with E-state index in [0.717, 1.165) is 33.8 Å². The molecule has 4 aromatic rings. The van der Waals surface area contributed by atoms with E-state index in [4.69, 9.17) is 4.99 Å². The lowest BCUT2D eigenvalue weighted by atomic mass is 9.76. The van der Waals surface area contributed by atoms with Gasteiger partial charge >= 0.3 is 0 Å². The van der Waals surface area contributed by atoms with Gasteiger partial charge in [0.2, 0.25) is 0 Å². The second kappa shape index (κ2) is 8.12. The van der Waals surface area contributed by atoms with Crippen LogP contribution in [0.15, 0.2) is 114 Å². The molecule has 0 unspecified atom stereocenters. The van der Waals surface area contributed by atoms with Crippen molar-refractivity contribution in [2.75, 3.05) is 5.32 Å². The highest BCUT2D eigenvalue weighted by atomic mass is 16.6. The SMILES string of the molecule is O=[N+]([O-])c1ccc(CC2=NC(c3ccccc3)(c3ccccc3)c3ccccc3N2)cc1. The molecule has 0 saturated carbocycles. The number of rotatable bonds is 5. The Kier molecular flexibility index (Phi) is 5.00. The van der Waals surface area contributed by atoms with Crippen LogP contribution >= 0.6 is 0 Å². The normalized spacial score (nSPS) is 14.1. The lowest BCUT2D eigenvalue weighted by Gasteiger charge is -2.38. The number of amidine groups is 1. The van der Waals surface area contributed by atoms with Gasteiger partial charge in [0.1, 0.15) is 11.4 Å². The molecule has 0 radical (unpaired) electrons. The van der Waals surface area contributed by atoms with E-state index >= 15 is 0 Å². The van der Waals surface area contributed by atoms with Gasteiger partial charge in [-0.3, -0.25) is 15.1 Å². The number of nitro benzene ring substituents is 1. The van der Waals surface area contributed by atoms with Crippen LogP contribution in [0.5, 0.6) is 0 Å². The zero-order valence-electron chi connectivity index (χ0n) is 17.3. The number of aliphatic imine (C=N–C) groups is 1. The average Bonchev–Trinajstić information content (AvgIpc) is 2.85. The first-order chi connectivity index (χ1) is 15.7. The Morgan fingerprint density at radius 2 is 1.31 bits per heavy atom. The molecule has 0 saturated heterocycles. The van der Waals surface area contributed by atoms with Gasteiger partial charge in [-0.25, -0.2) is 0 Å². The average molecular weight is 419 g/mol. The van der Waals surface area contributed by atoms with Crippen LogP contribution in [0.2, 0.25) is 0 Å². The number of nitrogens with one attached hydrogen (secondary N) is 1. The lowest BCUT2D eigenvalue weighted by molar-refractivity contribution is -0.384. The van der Waals surface area contributed by atoms with E-state index < -0.39 is 5.54 Å². The van der Waals surface area contributed by atoms with Crippen LogP contribution in [-0.2, 0) is 12.0 Å². The molecule has 32 heavy (non-hydrogen) atoms. The minimum Gasteiger partial charge on any atom is -0.343 e. The van der Waals surface area contributed by atoms with E-state index in [1.165, 1.54) is 12.1 Å². The Bertz CT molecular complexity index is 1240. The maximum Gasteiger partial charge on any atom is 0.269 e. The van der Waals surface area contributed by atoms with Gasteiger partial charge in [-0.2, -0.15) is 0 Å². The topological polar surface area (TPSA) is 67.5 Å². The van der Waals surface area contributed by atoms with E-state index in [9.17, 15) is 10.1 Å². The fourth-order valence-corrected chi connectivity index (χ4v) is 4.33. The Labute approximate surface area is 186 Å². The Balaban J connectivity index is 1.68. The molecule has 1 aliphatic heterocycles. The summed E-state index contributed by atoms with van der Waals surface area (Å²) in [6.45, 7) is 0. The Hall–Kier alpha value is -4.25. The molecule has 5 rings (SSSR count). The number of fused-ring (bicyclic) bond motifs is 1. The molecule has 4 aromatic carbocycles. The van der Waals surface area contributed by atoms with Gasteiger partial charge in [-0.15, -0.1) is 0 Å². The van der Waals surface area contributed by atoms with E-state index in [1.807, 2.05) is 48.5 Å². The maximum absolute atomic E-state index is 11.0. The summed E-state index contributed by atoms with van der Waals surface area (Å²) in [7, 11) is 0. The summed E-state index contributed by atoms with van der Waals surface area (Å²) in [6.07, 6.45) is 0.535. The van der Waals surface area contributed by atoms with Crippen LogP contribution in [-0.4, -0.2) is 10.8 Å². The predicted octanol–water partition coefficient (Wildman–Crippen LogP) is 5.95. The van der Waals surface area contributed by atoms with Gasteiger partial charge < -0.3 is 5.32 Å². The lowest BCUT2D eigenvalue weighted by Crippen LogP contribution is -2.36. The van der Waals surface area contributed by atoms with Crippen LogP contribution < -0.4 is 5.32 Å². The van der Waals surface area contributed by atoms with E-state index in [1.54, 1.807) is 12.1 Å². The van der Waals surface area contributed by atoms with Crippen LogP contribution in [0, 0.1) is 10.1 Å². The van der Waals surface area contributed by atoms with Crippen LogP contribution in [0.25, 0.3) is 0 Å². The van der Waals surface area contributed by atoms with E-state index in [0.29, 0.717) is 6.42 Å². The minimum atomic E-state index is -0.694. The number of hydrogen-bond acceptors (Lipinski definition) is 4. The number of benzene rings is 4. The summed E-state index contributed by atoms with van der Waals surface area (Å²) in [5.74, 6) is 0.810. The molecule has 0 bridgehead atoms. The summed E-state index contributed by atoms with van der Waals surface area (Å²) >= 11 is 0. The first-order valence-electron chi connectivity index (χ1n) is 10.5. The molecule has 5 heteroatoms. The number of non-ortho nitro benzene ring substituents is 1. The molecule has 5 nitrogen and oxygen atoms in total. The van der Waals surface area contributed by atoms with Gasteiger partial charge in [0.25, 0.3) is 5.69 Å². The summed E-state index contributed by atoms with van der Waals surface area (Å²) in [4.78, 5) is 15.9. The molecule has 0 spiro atoms. The quantitative estimate of drug-likeness (QED) is 0.321. The number of nitro groups is 1. The van der Waals surface area contributed by atoms with Gasteiger partial charge in [0.15, 0.2) is 0 Å². The second-order valence-electron chi connectivity index (χ2n) is 7.77. The largest absolute Gasteiger partial charge is 0.343 e. The summed E-state index contributed by atoms with van der Waals surface area (Å²) in [6, 6.07) is 35.5. The van der Waals surface area contributed by atoms with Crippen molar-refractivity contribution >= 4 is 17.2 Å². The third-order valence-electron chi connectivity index (χ3n) is 5.80. The number of nitrogens with zero attached hydrogens (tertiary/aromatic N) is 2. The molecule has 0 amide bonds. The molecule has 1 aliphatic rings. The van der Waals surface area contributed by atoms with Crippen molar-refractivity contribution in [3.8, 4) is 0 Å². The smallest absolute Gasteiger partial charge is 0.269 e. The Morgan fingerprint density at radius 3 is 1.91 bits per heavy atom. The van der Waals surface area contributed by atoms with Crippen LogP contribution in [0.1, 0.15) is 22.3 Å². The number of hydrogen-bond donors (Lipinski definition) is 1. The van der Waals surface area contributed by atoms with Crippen molar-refractivity contribution < 1.29 is 4.92 Å². The fourth-order valence-electron chi connectivity index (χ4n) is 4.33. The van der Waals surface area contributed by atoms with Crippen molar-refractivity contribution in [3.63, 3.8) is 0 Å². The van der Waals surface area contributed by atoms with Gasteiger partial charge in [-0.1, -0.05) is 91.0 Å². The van der Waals surface area contributed by atoms with Crippen molar-refractivity contribution in [1.29, 1.82) is 0 Å². The summed E-state index contributed by atoms with van der Waals surface area (Å²) in [5, 5.41) is 14.5. The predicted molar refractivity (Wildman–Crippen MR) is 127 cm³/mol. The van der Waals surface area contributed by atoms with E-state index in [2.05, 4.69) is 41.7 Å². The third-order valence-corrected chi connectivity index (χ3v) is 5.80. The Morgan fingerprint density at radius 1 is 0.750 bits per heavy atom. The standard InChI is InChI=1S/C27H21N3O2/c31-30(32)23-17-15-20(16-18-23)19-26-28-25-14-8-7-13-24(25)27(29-26,21-9-3-1-4-10-21)22-11-5-2-6-12-22/h1-18H,19H2,(H,28,29). The first-order valence-corrected chi connectivity index (χ1v) is 10.5. The van der Waals surface area contributed by atoms with Crippen molar-refractivity contribution in [2.45, 2.75) is 12.0 Å². The first kappa shape index (κ1) is 19.7. The molecular weight excluding hydrogens is 398 g/mol. The fraction of sp³-hybridized carbons (Fsp3) is 0.0741. The highest BCUT2D eigenvalue weighted by molar-refractivity contribution is 6.00. The minimum absolute atomic E-state index is 0.0838. The molecular formula is C27H21N3O2. The van der Waals surface area contributed by atoms with Crippen molar-refractivity contribution in [1.82, 2.24) is 0 Å². The zero-order chi connectivity index (χ0) is 22.0. The van der Waals surface area contributed by atoms with Gasteiger partial charge in [-0.05, 0) is 22.8 Å². The molecule has 156 valence electrons. The highest BCUT2D eigenvalue weighted by Crippen LogP contribution is 2.46. The number of anilines is 1. The van der Waals surface area contributed by atoms with Crippen molar-refractivity contribution in [3.05, 3.63) is 142 Å². The third kappa shape index (κ3) is 3.44. The van der Waals surface area contributed by atoms with Crippen LogP contribution in [0.3, 0.4) is 0 Å². The molecule has 0 fully saturated rings. The zero-order valence-corrected chi connectivity index (χ0v) is 17.3. The van der Waals surface area contributed by atoms with Crippen molar-refractivity contribution in [2.24, 2.45) is 4.99 Å². The van der Waals surface area contributed by atoms with Crippen LogP contribution in [0.4, 0.5) is 11.4 Å². The maximum atomic E-state index is 11.0. The van der Waals surface area contributed by atoms with Gasteiger partial charge in [0, 0.05) is 29.8 Å². The van der Waals surface area contributed by atoms with E-state index in [-0.39, 0.29) is 10.6 Å².